The van der Waals surface area contributed by atoms with Crippen LogP contribution in [-0.2, 0) is 24.2 Å². The lowest BCUT2D eigenvalue weighted by molar-refractivity contribution is -0.127. The monoisotopic (exact) mass is 325 g/mol. The Morgan fingerprint density at radius 3 is 2.54 bits per heavy atom. The van der Waals surface area contributed by atoms with Crippen LogP contribution in [0.25, 0.3) is 0 Å². The molecular formula is C21H27NO2. The van der Waals surface area contributed by atoms with E-state index >= 15 is 0 Å². The summed E-state index contributed by atoms with van der Waals surface area (Å²) < 4.78 is 5.73. The van der Waals surface area contributed by atoms with Crippen LogP contribution in [-0.4, -0.2) is 12.0 Å². The van der Waals surface area contributed by atoms with Gasteiger partial charge in [-0.3, -0.25) is 4.79 Å². The second kappa shape index (κ2) is 8.53. The summed E-state index contributed by atoms with van der Waals surface area (Å²) in [4.78, 5) is 12.3. The van der Waals surface area contributed by atoms with E-state index in [2.05, 4.69) is 37.4 Å². The zero-order valence-corrected chi connectivity index (χ0v) is 15.1. The third-order valence-electron chi connectivity index (χ3n) is 4.18. The summed E-state index contributed by atoms with van der Waals surface area (Å²) in [6.45, 7) is 8.60. The third-order valence-corrected chi connectivity index (χ3v) is 4.18. The van der Waals surface area contributed by atoms with E-state index in [1.807, 2.05) is 31.2 Å². The first kappa shape index (κ1) is 18.1. The number of hydrogen-bond donors (Lipinski definition) is 1. The molecule has 0 fully saturated rings. The average molecular weight is 325 g/mol. The number of benzene rings is 2. The molecule has 0 bridgehead atoms. The van der Waals surface area contributed by atoms with E-state index in [0.29, 0.717) is 6.54 Å². The van der Waals surface area contributed by atoms with E-state index in [1.165, 1.54) is 16.7 Å². The standard InChI is InChI=1S/C21H27NO2/c1-5-17-10-11-18(6-2)19(13-17)14-22-21(23)16(4)24-20-9-7-8-15(3)12-20/h7-13,16H,5-6,14H2,1-4H3,(H,22,23). The van der Waals surface area contributed by atoms with Crippen molar-refractivity contribution in [1.29, 1.82) is 0 Å². The van der Waals surface area contributed by atoms with Crippen molar-refractivity contribution in [1.82, 2.24) is 5.32 Å². The molecule has 1 N–H and O–H groups in total. The topological polar surface area (TPSA) is 38.3 Å². The Labute approximate surface area is 145 Å². The van der Waals surface area contributed by atoms with Crippen molar-refractivity contribution in [2.24, 2.45) is 0 Å². The lowest BCUT2D eigenvalue weighted by Gasteiger charge is -2.16. The fourth-order valence-corrected chi connectivity index (χ4v) is 2.68. The van der Waals surface area contributed by atoms with Crippen LogP contribution in [0.3, 0.4) is 0 Å². The maximum atomic E-state index is 12.3. The van der Waals surface area contributed by atoms with Gasteiger partial charge in [-0.1, -0.05) is 44.2 Å². The van der Waals surface area contributed by atoms with Gasteiger partial charge in [0.2, 0.25) is 0 Å². The van der Waals surface area contributed by atoms with Crippen molar-refractivity contribution in [2.45, 2.75) is 53.2 Å². The summed E-state index contributed by atoms with van der Waals surface area (Å²) in [5.41, 5.74) is 4.87. The summed E-state index contributed by atoms with van der Waals surface area (Å²) in [6.07, 6.45) is 1.44. The van der Waals surface area contributed by atoms with Gasteiger partial charge in [-0.15, -0.1) is 0 Å². The molecule has 2 rings (SSSR count). The van der Waals surface area contributed by atoms with E-state index in [-0.39, 0.29) is 5.91 Å². The molecule has 2 aromatic carbocycles. The second-order valence-electron chi connectivity index (χ2n) is 6.10. The predicted molar refractivity (Wildman–Crippen MR) is 98.3 cm³/mol. The molecule has 128 valence electrons. The molecule has 0 saturated carbocycles. The molecule has 1 unspecified atom stereocenters. The van der Waals surface area contributed by atoms with Gasteiger partial charge in [-0.05, 0) is 61.1 Å². The first-order valence-electron chi connectivity index (χ1n) is 8.65. The minimum atomic E-state index is -0.522. The molecule has 2 aromatic rings. The molecule has 3 nitrogen and oxygen atoms in total. The van der Waals surface area contributed by atoms with Crippen LogP contribution in [0.5, 0.6) is 5.75 Å². The maximum absolute atomic E-state index is 12.3. The molecule has 24 heavy (non-hydrogen) atoms. The molecule has 0 aromatic heterocycles. The summed E-state index contributed by atoms with van der Waals surface area (Å²) in [7, 11) is 0. The van der Waals surface area contributed by atoms with Crippen LogP contribution in [0.1, 0.15) is 43.0 Å². The number of carbonyl (C=O) groups excluding carboxylic acids is 1. The highest BCUT2D eigenvalue weighted by Crippen LogP contribution is 2.15. The number of hydrogen-bond acceptors (Lipinski definition) is 2. The Morgan fingerprint density at radius 1 is 1.08 bits per heavy atom. The number of ether oxygens (including phenoxy) is 1. The second-order valence-corrected chi connectivity index (χ2v) is 6.10. The van der Waals surface area contributed by atoms with Gasteiger partial charge < -0.3 is 10.1 Å². The molecule has 0 aliphatic carbocycles. The number of carbonyl (C=O) groups is 1. The smallest absolute Gasteiger partial charge is 0.261 e. The Bertz CT molecular complexity index is 694. The van der Waals surface area contributed by atoms with Crippen LogP contribution in [0, 0.1) is 6.92 Å². The Kier molecular flexibility index (Phi) is 6.42. The van der Waals surface area contributed by atoms with Crippen LogP contribution in [0.15, 0.2) is 42.5 Å². The molecule has 0 aliphatic heterocycles. The van der Waals surface area contributed by atoms with Gasteiger partial charge in [0.1, 0.15) is 5.75 Å². The lowest BCUT2D eigenvalue weighted by atomic mass is 10.0. The summed E-state index contributed by atoms with van der Waals surface area (Å²) in [6, 6.07) is 14.2. The number of rotatable bonds is 7. The van der Waals surface area contributed by atoms with Crippen molar-refractivity contribution in [3.8, 4) is 5.75 Å². The first-order valence-corrected chi connectivity index (χ1v) is 8.65. The zero-order valence-electron chi connectivity index (χ0n) is 15.1. The van der Waals surface area contributed by atoms with Gasteiger partial charge >= 0.3 is 0 Å². The highest BCUT2D eigenvalue weighted by atomic mass is 16.5. The summed E-state index contributed by atoms with van der Waals surface area (Å²) in [5.74, 6) is 0.625. The highest BCUT2D eigenvalue weighted by molar-refractivity contribution is 5.80. The molecule has 0 saturated heterocycles. The van der Waals surface area contributed by atoms with Gasteiger partial charge in [0.05, 0.1) is 0 Å². The van der Waals surface area contributed by atoms with Crippen molar-refractivity contribution in [3.05, 3.63) is 64.7 Å². The minimum Gasteiger partial charge on any atom is -0.481 e. The first-order chi connectivity index (χ1) is 11.5. The van der Waals surface area contributed by atoms with E-state index in [0.717, 1.165) is 24.2 Å². The maximum Gasteiger partial charge on any atom is 0.261 e. The predicted octanol–water partition coefficient (Wildman–Crippen LogP) is 4.20. The SMILES string of the molecule is CCc1ccc(CC)c(CNC(=O)C(C)Oc2cccc(C)c2)c1. The lowest BCUT2D eigenvalue weighted by Crippen LogP contribution is -2.36. The molecule has 0 aliphatic rings. The zero-order chi connectivity index (χ0) is 17.5. The third kappa shape index (κ3) is 4.85. The normalized spacial score (nSPS) is 11.8. The Morgan fingerprint density at radius 2 is 1.88 bits per heavy atom. The minimum absolute atomic E-state index is 0.0968. The van der Waals surface area contributed by atoms with Gasteiger partial charge in [0.25, 0.3) is 5.91 Å². The van der Waals surface area contributed by atoms with Crippen LogP contribution in [0.4, 0.5) is 0 Å². The number of amides is 1. The molecular weight excluding hydrogens is 298 g/mol. The molecule has 0 heterocycles. The van der Waals surface area contributed by atoms with E-state index < -0.39 is 6.10 Å². The van der Waals surface area contributed by atoms with Crippen LogP contribution in [0.2, 0.25) is 0 Å². The summed E-state index contributed by atoms with van der Waals surface area (Å²) >= 11 is 0. The van der Waals surface area contributed by atoms with E-state index in [4.69, 9.17) is 4.74 Å². The van der Waals surface area contributed by atoms with E-state index in [1.54, 1.807) is 6.92 Å². The number of aryl methyl sites for hydroxylation is 3. The molecule has 3 heteroatoms. The fourth-order valence-electron chi connectivity index (χ4n) is 2.68. The van der Waals surface area contributed by atoms with Crippen LogP contribution >= 0.6 is 0 Å². The molecule has 1 amide bonds. The number of nitrogens with one attached hydrogen (secondary N) is 1. The summed E-state index contributed by atoms with van der Waals surface area (Å²) in [5, 5.41) is 3.00. The average Bonchev–Trinajstić information content (AvgIpc) is 2.59. The van der Waals surface area contributed by atoms with Gasteiger partial charge in [0.15, 0.2) is 6.10 Å². The molecule has 1 atom stereocenters. The molecule has 0 radical (unpaired) electrons. The quantitative estimate of drug-likeness (QED) is 0.828. The van der Waals surface area contributed by atoms with Crippen molar-refractivity contribution < 1.29 is 9.53 Å². The molecule has 0 spiro atoms. The van der Waals surface area contributed by atoms with Crippen molar-refractivity contribution in [3.63, 3.8) is 0 Å². The van der Waals surface area contributed by atoms with Gasteiger partial charge in [0, 0.05) is 6.54 Å². The van der Waals surface area contributed by atoms with Gasteiger partial charge in [-0.25, -0.2) is 0 Å². The van der Waals surface area contributed by atoms with Crippen LogP contribution < -0.4 is 10.1 Å². The Balaban J connectivity index is 1.97. The van der Waals surface area contributed by atoms with Crippen molar-refractivity contribution >= 4 is 5.91 Å². The fraction of sp³-hybridized carbons (Fsp3) is 0.381. The highest BCUT2D eigenvalue weighted by Gasteiger charge is 2.15. The largest absolute Gasteiger partial charge is 0.481 e. The Hall–Kier alpha value is -2.29. The van der Waals surface area contributed by atoms with E-state index in [9.17, 15) is 4.79 Å². The van der Waals surface area contributed by atoms with Crippen molar-refractivity contribution in [2.75, 3.05) is 0 Å². The van der Waals surface area contributed by atoms with Gasteiger partial charge in [-0.2, -0.15) is 0 Å².